The van der Waals surface area contributed by atoms with Crippen LogP contribution < -0.4 is 0 Å². The highest BCUT2D eigenvalue weighted by molar-refractivity contribution is 9.10. The van der Waals surface area contributed by atoms with Crippen LogP contribution in [-0.4, -0.2) is 43.8 Å². The molecule has 29 heavy (non-hydrogen) atoms. The largest absolute Gasteiger partial charge is 0.460 e. The van der Waals surface area contributed by atoms with Gasteiger partial charge in [-0.15, -0.1) is 0 Å². The summed E-state index contributed by atoms with van der Waals surface area (Å²) in [5, 5.41) is 4.10. The maximum absolute atomic E-state index is 12.8. The van der Waals surface area contributed by atoms with Gasteiger partial charge < -0.3 is 9.57 Å². The Kier molecular flexibility index (Phi) is 6.63. The predicted molar refractivity (Wildman–Crippen MR) is 115 cm³/mol. The van der Waals surface area contributed by atoms with E-state index < -0.39 is 26.7 Å². The van der Waals surface area contributed by atoms with Gasteiger partial charge in [0, 0.05) is 23.6 Å². The number of sulfone groups is 1. The Balaban J connectivity index is 1.67. The lowest BCUT2D eigenvalue weighted by atomic mass is 9.97. The number of hydrogen-bond donors (Lipinski definition) is 0. The minimum Gasteiger partial charge on any atom is -0.460 e. The molecule has 0 spiro atoms. The van der Waals surface area contributed by atoms with E-state index in [1.807, 2.05) is 42.5 Å². The fraction of sp³-hybridized carbons (Fsp3) is 0.429. The fourth-order valence-electron chi connectivity index (χ4n) is 3.25. The van der Waals surface area contributed by atoms with Crippen LogP contribution in [-0.2, 0) is 24.2 Å². The average Bonchev–Trinajstić information content (AvgIpc) is 3.14. The van der Waals surface area contributed by atoms with Gasteiger partial charge in [0.2, 0.25) is 0 Å². The SMILES string of the molecule is C[C@@](C[C@H]1CC(c2ccc(Br)cc2)=NO1)(C(=O)OCC1=CCCC=C1)S(C)(=O)=O. The Labute approximate surface area is 179 Å². The topological polar surface area (TPSA) is 82.0 Å². The van der Waals surface area contributed by atoms with E-state index in [0.717, 1.165) is 40.4 Å². The zero-order valence-electron chi connectivity index (χ0n) is 16.4. The molecule has 1 aromatic rings. The number of oxime groups is 1. The Bertz CT molecular complexity index is 965. The van der Waals surface area contributed by atoms with E-state index in [4.69, 9.17) is 9.57 Å². The second kappa shape index (κ2) is 8.83. The van der Waals surface area contributed by atoms with Gasteiger partial charge in [0.15, 0.2) is 14.6 Å². The quantitative estimate of drug-likeness (QED) is 0.550. The number of hydrogen-bond acceptors (Lipinski definition) is 6. The number of carbonyl (C=O) groups excluding carboxylic acids is 1. The molecule has 0 amide bonds. The van der Waals surface area contributed by atoms with Gasteiger partial charge in [-0.3, -0.25) is 4.79 Å². The Hall–Kier alpha value is -1.93. The zero-order valence-corrected chi connectivity index (χ0v) is 18.8. The monoisotopic (exact) mass is 481 g/mol. The summed E-state index contributed by atoms with van der Waals surface area (Å²) in [7, 11) is -3.74. The molecular formula is C21H24BrNO5S. The highest BCUT2D eigenvalue weighted by atomic mass is 79.9. The van der Waals surface area contributed by atoms with Crippen molar-refractivity contribution >= 4 is 37.4 Å². The number of allylic oxidation sites excluding steroid dienone is 2. The summed E-state index contributed by atoms with van der Waals surface area (Å²) in [4.78, 5) is 18.2. The van der Waals surface area contributed by atoms with Crippen LogP contribution in [0.25, 0.3) is 0 Å². The fourth-order valence-corrected chi connectivity index (χ4v) is 4.36. The molecular weight excluding hydrogens is 458 g/mol. The van der Waals surface area contributed by atoms with E-state index in [1.165, 1.54) is 6.92 Å². The molecule has 2 atom stereocenters. The number of esters is 1. The molecule has 1 heterocycles. The third-order valence-electron chi connectivity index (χ3n) is 5.22. The summed E-state index contributed by atoms with van der Waals surface area (Å²) in [6, 6.07) is 7.61. The van der Waals surface area contributed by atoms with Crippen molar-refractivity contribution < 1.29 is 22.8 Å². The molecule has 1 aliphatic heterocycles. The van der Waals surface area contributed by atoms with Crippen molar-refractivity contribution in [1.29, 1.82) is 0 Å². The van der Waals surface area contributed by atoms with Crippen LogP contribution in [0, 0.1) is 0 Å². The number of benzene rings is 1. The van der Waals surface area contributed by atoms with Gasteiger partial charge in [0.05, 0.1) is 5.71 Å². The van der Waals surface area contributed by atoms with Crippen LogP contribution in [0.2, 0.25) is 0 Å². The second-order valence-corrected chi connectivity index (χ2v) is 10.9. The van der Waals surface area contributed by atoms with Crippen LogP contribution in [0.1, 0.15) is 38.2 Å². The number of rotatable bonds is 7. The number of ether oxygens (including phenoxy) is 1. The maximum Gasteiger partial charge on any atom is 0.327 e. The first-order valence-electron chi connectivity index (χ1n) is 9.40. The van der Waals surface area contributed by atoms with Crippen LogP contribution in [0.3, 0.4) is 0 Å². The van der Waals surface area contributed by atoms with Crippen LogP contribution >= 0.6 is 15.9 Å². The van der Waals surface area contributed by atoms with E-state index in [0.29, 0.717) is 6.42 Å². The standard InChI is InChI=1S/C21H24BrNO5S/c1-21(29(2,25)26,20(24)27-14-15-6-4-3-5-7-15)13-18-12-19(23-28-18)16-8-10-17(22)11-9-16/h4,6-11,18H,3,5,12-14H2,1-2H3/t18-,21-/m1/s1. The van der Waals surface area contributed by atoms with E-state index in [-0.39, 0.29) is 13.0 Å². The second-order valence-electron chi connectivity index (χ2n) is 7.52. The Morgan fingerprint density at radius 2 is 2.03 bits per heavy atom. The van der Waals surface area contributed by atoms with Gasteiger partial charge in [0.25, 0.3) is 0 Å². The molecule has 2 aliphatic rings. The first-order chi connectivity index (χ1) is 13.7. The highest BCUT2D eigenvalue weighted by Crippen LogP contribution is 2.31. The van der Waals surface area contributed by atoms with Crippen molar-refractivity contribution in [2.45, 2.75) is 43.5 Å². The van der Waals surface area contributed by atoms with Gasteiger partial charge in [-0.25, -0.2) is 8.42 Å². The lowest BCUT2D eigenvalue weighted by Crippen LogP contribution is -2.47. The molecule has 0 fully saturated rings. The van der Waals surface area contributed by atoms with Gasteiger partial charge >= 0.3 is 5.97 Å². The summed E-state index contributed by atoms with van der Waals surface area (Å²) in [5.41, 5.74) is 2.50. The van der Waals surface area contributed by atoms with Crippen LogP contribution in [0.15, 0.2) is 57.7 Å². The summed E-state index contributed by atoms with van der Waals surface area (Å²) >= 11 is 3.39. The molecule has 0 radical (unpaired) electrons. The summed E-state index contributed by atoms with van der Waals surface area (Å²) < 4.78 is 29.6. The molecule has 8 heteroatoms. The van der Waals surface area contributed by atoms with Gasteiger partial charge in [-0.1, -0.05) is 51.4 Å². The molecule has 3 rings (SSSR count). The number of halogens is 1. The summed E-state index contributed by atoms with van der Waals surface area (Å²) in [6.45, 7) is 1.46. The molecule has 0 bridgehead atoms. The van der Waals surface area contributed by atoms with Crippen molar-refractivity contribution in [2.24, 2.45) is 5.16 Å². The van der Waals surface area contributed by atoms with Gasteiger partial charge in [0.1, 0.15) is 12.7 Å². The average molecular weight is 482 g/mol. The molecule has 0 aromatic heterocycles. The molecule has 1 aliphatic carbocycles. The summed E-state index contributed by atoms with van der Waals surface area (Å²) in [6.07, 6.45) is 8.67. The van der Waals surface area contributed by atoms with Crippen LogP contribution in [0.5, 0.6) is 0 Å². The number of nitrogens with zero attached hydrogens (tertiary/aromatic N) is 1. The Morgan fingerprint density at radius 1 is 1.31 bits per heavy atom. The Morgan fingerprint density at radius 3 is 2.66 bits per heavy atom. The molecule has 0 N–H and O–H groups in total. The smallest absolute Gasteiger partial charge is 0.327 e. The van der Waals surface area contributed by atoms with Crippen molar-refractivity contribution in [3.8, 4) is 0 Å². The van der Waals surface area contributed by atoms with Gasteiger partial charge in [-0.2, -0.15) is 0 Å². The summed E-state index contributed by atoms with van der Waals surface area (Å²) in [5.74, 6) is -0.763. The normalized spacial score (nSPS) is 21.0. The predicted octanol–water partition coefficient (Wildman–Crippen LogP) is 3.96. The minimum absolute atomic E-state index is 0.0247. The van der Waals surface area contributed by atoms with Crippen molar-refractivity contribution in [1.82, 2.24) is 0 Å². The molecule has 6 nitrogen and oxygen atoms in total. The lowest BCUT2D eigenvalue weighted by molar-refractivity contribution is -0.146. The van der Waals surface area contributed by atoms with Crippen LogP contribution in [0.4, 0.5) is 0 Å². The van der Waals surface area contributed by atoms with Crippen molar-refractivity contribution in [2.75, 3.05) is 12.9 Å². The minimum atomic E-state index is -3.74. The third-order valence-corrected chi connectivity index (χ3v) is 7.72. The van der Waals surface area contributed by atoms with E-state index in [1.54, 1.807) is 0 Å². The molecule has 0 saturated heterocycles. The van der Waals surface area contributed by atoms with Crippen molar-refractivity contribution in [3.05, 3.63) is 58.1 Å². The molecule has 156 valence electrons. The molecule has 1 aromatic carbocycles. The van der Waals surface area contributed by atoms with E-state index >= 15 is 0 Å². The number of carbonyl (C=O) groups is 1. The first-order valence-corrected chi connectivity index (χ1v) is 12.1. The first kappa shape index (κ1) is 21.8. The zero-order chi connectivity index (χ0) is 21.1. The maximum atomic E-state index is 12.8. The van der Waals surface area contributed by atoms with E-state index in [9.17, 15) is 13.2 Å². The third kappa shape index (κ3) is 5.17. The van der Waals surface area contributed by atoms with Crippen molar-refractivity contribution in [3.63, 3.8) is 0 Å². The molecule has 0 saturated carbocycles. The lowest BCUT2D eigenvalue weighted by Gasteiger charge is -2.27. The molecule has 0 unspecified atom stereocenters. The highest BCUT2D eigenvalue weighted by Gasteiger charge is 2.48. The van der Waals surface area contributed by atoms with E-state index in [2.05, 4.69) is 21.1 Å². The van der Waals surface area contributed by atoms with Gasteiger partial charge in [-0.05, 0) is 43.0 Å².